The number of rotatable bonds is 4. The van der Waals surface area contributed by atoms with Gasteiger partial charge in [-0.3, -0.25) is 4.90 Å². The van der Waals surface area contributed by atoms with E-state index in [1.807, 2.05) is 0 Å². The molecule has 26 heavy (non-hydrogen) atoms. The Morgan fingerprint density at radius 1 is 1.23 bits per heavy atom. The summed E-state index contributed by atoms with van der Waals surface area (Å²) in [5.41, 5.74) is -0.779. The maximum absolute atomic E-state index is 13.3. The van der Waals surface area contributed by atoms with Crippen LogP contribution in [-0.4, -0.2) is 54.6 Å². The number of benzene rings is 1. The molecule has 1 saturated heterocycles. The van der Waals surface area contributed by atoms with Gasteiger partial charge in [0.05, 0.1) is 13.2 Å². The minimum Gasteiger partial charge on any atom is -0.490 e. The van der Waals surface area contributed by atoms with Crippen LogP contribution in [0.4, 0.5) is 8.78 Å². The van der Waals surface area contributed by atoms with Crippen molar-refractivity contribution in [3.63, 3.8) is 0 Å². The molecule has 1 atom stereocenters. The minimum atomic E-state index is -1.17. The summed E-state index contributed by atoms with van der Waals surface area (Å²) >= 11 is 0. The highest BCUT2D eigenvalue weighted by Gasteiger charge is 2.38. The third-order valence-corrected chi connectivity index (χ3v) is 5.61. The average molecular weight is 369 g/mol. The van der Waals surface area contributed by atoms with Gasteiger partial charge >= 0.3 is 0 Å². The lowest BCUT2D eigenvalue weighted by atomic mass is 9.75. The standard InChI is InChI=1S/C20H29F2NO3/c1-19(2)7-5-15(6-8-19)23-9-10-25-13-20(24,12-23)14-26-16-3-4-17(21)18(22)11-16/h3-4,11,15,24H,5-10,12-14H2,1-2H3/t20-/m0/s1. The van der Waals surface area contributed by atoms with Crippen LogP contribution in [0.25, 0.3) is 0 Å². The van der Waals surface area contributed by atoms with Crippen molar-refractivity contribution < 1.29 is 23.4 Å². The zero-order chi connectivity index (χ0) is 18.8. The summed E-state index contributed by atoms with van der Waals surface area (Å²) in [5, 5.41) is 11.0. The van der Waals surface area contributed by atoms with E-state index in [2.05, 4.69) is 18.7 Å². The Balaban J connectivity index is 1.61. The molecular weight excluding hydrogens is 340 g/mol. The molecule has 1 aromatic carbocycles. The first kappa shape index (κ1) is 19.5. The molecule has 3 rings (SSSR count). The van der Waals surface area contributed by atoms with Gasteiger partial charge in [0, 0.05) is 25.2 Å². The van der Waals surface area contributed by atoms with Crippen molar-refractivity contribution in [1.29, 1.82) is 0 Å². The van der Waals surface area contributed by atoms with E-state index in [1.165, 1.54) is 18.9 Å². The van der Waals surface area contributed by atoms with Gasteiger partial charge in [-0.15, -0.1) is 0 Å². The fraction of sp³-hybridized carbons (Fsp3) is 0.700. The van der Waals surface area contributed by atoms with Crippen LogP contribution >= 0.6 is 0 Å². The van der Waals surface area contributed by atoms with Crippen LogP contribution in [-0.2, 0) is 4.74 Å². The van der Waals surface area contributed by atoms with Gasteiger partial charge in [0.1, 0.15) is 18.0 Å². The molecule has 0 unspecified atom stereocenters. The third kappa shape index (κ3) is 4.93. The van der Waals surface area contributed by atoms with E-state index in [0.717, 1.165) is 31.5 Å². The highest BCUT2D eigenvalue weighted by Crippen LogP contribution is 2.37. The van der Waals surface area contributed by atoms with Crippen LogP contribution in [0.1, 0.15) is 39.5 Å². The van der Waals surface area contributed by atoms with Gasteiger partial charge in [-0.25, -0.2) is 8.78 Å². The van der Waals surface area contributed by atoms with Gasteiger partial charge in [0.2, 0.25) is 0 Å². The minimum absolute atomic E-state index is 0.0210. The molecule has 1 aliphatic heterocycles. The Hall–Kier alpha value is -1.24. The van der Waals surface area contributed by atoms with Crippen LogP contribution in [0.15, 0.2) is 18.2 Å². The molecule has 1 N–H and O–H groups in total. The highest BCUT2D eigenvalue weighted by atomic mass is 19.2. The smallest absolute Gasteiger partial charge is 0.162 e. The van der Waals surface area contributed by atoms with Gasteiger partial charge in [0.25, 0.3) is 0 Å². The monoisotopic (exact) mass is 369 g/mol. The summed E-state index contributed by atoms with van der Waals surface area (Å²) in [5.74, 6) is -1.68. The maximum atomic E-state index is 13.3. The lowest BCUT2D eigenvalue weighted by Crippen LogP contribution is -2.52. The predicted octanol–water partition coefficient (Wildman–Crippen LogP) is 3.38. The quantitative estimate of drug-likeness (QED) is 0.884. The SMILES string of the molecule is CC1(C)CCC(N2CCOC[C@](O)(COc3ccc(F)c(F)c3)C2)CC1. The number of hydrogen-bond donors (Lipinski definition) is 1. The summed E-state index contributed by atoms with van der Waals surface area (Å²) in [6, 6.07) is 3.82. The molecule has 6 heteroatoms. The summed E-state index contributed by atoms with van der Waals surface area (Å²) in [4.78, 5) is 2.30. The molecule has 146 valence electrons. The van der Waals surface area contributed by atoms with Crippen molar-refractivity contribution in [1.82, 2.24) is 4.90 Å². The van der Waals surface area contributed by atoms with Crippen molar-refractivity contribution >= 4 is 0 Å². The van der Waals surface area contributed by atoms with Gasteiger partial charge in [-0.1, -0.05) is 13.8 Å². The van der Waals surface area contributed by atoms with Gasteiger partial charge in [-0.2, -0.15) is 0 Å². The van der Waals surface area contributed by atoms with E-state index in [4.69, 9.17) is 9.47 Å². The summed E-state index contributed by atoms with van der Waals surface area (Å²) in [6.07, 6.45) is 4.60. The van der Waals surface area contributed by atoms with E-state index in [-0.39, 0.29) is 19.0 Å². The van der Waals surface area contributed by atoms with Crippen molar-refractivity contribution in [3.8, 4) is 5.75 Å². The lowest BCUT2D eigenvalue weighted by Gasteiger charge is -2.41. The van der Waals surface area contributed by atoms with Crippen molar-refractivity contribution in [3.05, 3.63) is 29.8 Å². The molecule has 0 bridgehead atoms. The van der Waals surface area contributed by atoms with Crippen LogP contribution in [0.2, 0.25) is 0 Å². The molecule has 1 saturated carbocycles. The van der Waals surface area contributed by atoms with E-state index in [9.17, 15) is 13.9 Å². The molecule has 1 heterocycles. The zero-order valence-corrected chi connectivity index (χ0v) is 15.6. The van der Waals surface area contributed by atoms with Crippen LogP contribution in [0.5, 0.6) is 5.75 Å². The molecule has 4 nitrogen and oxygen atoms in total. The number of aliphatic hydroxyl groups is 1. The molecule has 2 fully saturated rings. The van der Waals surface area contributed by atoms with Crippen molar-refractivity contribution in [2.45, 2.75) is 51.2 Å². The largest absolute Gasteiger partial charge is 0.490 e. The van der Waals surface area contributed by atoms with Crippen LogP contribution in [0.3, 0.4) is 0 Å². The maximum Gasteiger partial charge on any atom is 0.162 e. The zero-order valence-electron chi connectivity index (χ0n) is 15.6. The van der Waals surface area contributed by atoms with Crippen molar-refractivity contribution in [2.24, 2.45) is 5.41 Å². The normalized spacial score (nSPS) is 27.9. The van der Waals surface area contributed by atoms with Gasteiger partial charge in [0.15, 0.2) is 11.6 Å². The summed E-state index contributed by atoms with van der Waals surface area (Å²) < 4.78 is 37.5. The highest BCUT2D eigenvalue weighted by molar-refractivity contribution is 5.23. The molecule has 2 aliphatic rings. The van der Waals surface area contributed by atoms with E-state index in [1.54, 1.807) is 0 Å². The van der Waals surface area contributed by atoms with Crippen molar-refractivity contribution in [2.75, 3.05) is 32.9 Å². The Bertz CT molecular complexity index is 615. The van der Waals surface area contributed by atoms with E-state index >= 15 is 0 Å². The third-order valence-electron chi connectivity index (χ3n) is 5.61. The fourth-order valence-electron chi connectivity index (χ4n) is 3.88. The lowest BCUT2D eigenvalue weighted by molar-refractivity contribution is -0.0692. The molecule has 1 aliphatic carbocycles. The molecule has 0 spiro atoms. The first-order valence-electron chi connectivity index (χ1n) is 9.38. The second kappa shape index (κ2) is 7.79. The summed E-state index contributed by atoms with van der Waals surface area (Å²) in [7, 11) is 0. The van der Waals surface area contributed by atoms with E-state index < -0.39 is 17.2 Å². The molecule has 1 aromatic rings. The Kier molecular flexibility index (Phi) is 5.85. The van der Waals surface area contributed by atoms with Crippen LogP contribution in [0, 0.1) is 17.0 Å². The Morgan fingerprint density at radius 2 is 1.96 bits per heavy atom. The van der Waals surface area contributed by atoms with Crippen LogP contribution < -0.4 is 4.74 Å². The first-order valence-corrected chi connectivity index (χ1v) is 9.38. The second-order valence-corrected chi connectivity index (χ2v) is 8.51. The Morgan fingerprint density at radius 3 is 2.65 bits per heavy atom. The average Bonchev–Trinajstić information content (AvgIpc) is 2.78. The molecule has 0 aromatic heterocycles. The molecular formula is C20H29F2NO3. The van der Waals surface area contributed by atoms with Gasteiger partial charge in [-0.05, 0) is 43.2 Å². The number of ether oxygens (including phenoxy) is 2. The number of β-amino-alcohol motifs (C(OH)–C–C–N with tert-alkyl or cyclic N) is 1. The predicted molar refractivity (Wildman–Crippen MR) is 95.2 cm³/mol. The molecule has 0 amide bonds. The fourth-order valence-corrected chi connectivity index (χ4v) is 3.88. The van der Waals surface area contributed by atoms with Gasteiger partial charge < -0.3 is 14.6 Å². The second-order valence-electron chi connectivity index (χ2n) is 8.51. The number of hydrogen-bond acceptors (Lipinski definition) is 4. The first-order chi connectivity index (χ1) is 12.3. The number of halogens is 2. The molecule has 0 radical (unpaired) electrons. The topological polar surface area (TPSA) is 41.9 Å². The number of nitrogens with zero attached hydrogens (tertiary/aromatic N) is 1. The summed E-state index contributed by atoms with van der Waals surface area (Å²) in [6.45, 7) is 6.59. The Labute approximate surface area is 154 Å². The van der Waals surface area contributed by atoms with E-state index in [0.29, 0.717) is 24.6 Å².